The predicted octanol–water partition coefficient (Wildman–Crippen LogP) is 4.34. The highest BCUT2D eigenvalue weighted by Gasteiger charge is 2.64. The molecule has 140 valence electrons. The molecule has 0 aromatic rings. The van der Waals surface area contributed by atoms with Gasteiger partial charge in [0.1, 0.15) is 5.60 Å². The fourth-order valence-electron chi connectivity index (χ4n) is 4.27. The van der Waals surface area contributed by atoms with Gasteiger partial charge in [0.25, 0.3) is 0 Å². The zero-order valence-corrected chi connectivity index (χ0v) is 16.9. The third-order valence-electron chi connectivity index (χ3n) is 6.25. The molecular weight excluding hydrogens is 307 g/mol. The van der Waals surface area contributed by atoms with Crippen LogP contribution in [0.4, 0.5) is 9.18 Å². The lowest BCUT2D eigenvalue weighted by molar-refractivity contribution is -0.0593. The number of ether oxygens (including phenoxy) is 1. The van der Waals surface area contributed by atoms with Crippen molar-refractivity contribution < 1.29 is 15.3 Å². The summed E-state index contributed by atoms with van der Waals surface area (Å²) in [6, 6.07) is -2.42. The Hall–Kier alpha value is -0.840. The second-order valence-corrected chi connectivity index (χ2v) is 9.98. The summed E-state index contributed by atoms with van der Waals surface area (Å²) in [5.41, 5.74) is -1.42. The van der Waals surface area contributed by atoms with Crippen molar-refractivity contribution >= 4 is 6.09 Å². The minimum atomic E-state index is -2.07. The molecule has 6 atom stereocenters. The van der Waals surface area contributed by atoms with E-state index in [4.69, 9.17) is 6.11 Å². The van der Waals surface area contributed by atoms with Crippen LogP contribution < -0.4 is 5.32 Å². The number of hydrogen-bond acceptors (Lipinski definition) is 3. The highest BCUT2D eigenvalue weighted by molar-refractivity contribution is 5.72. The third-order valence-corrected chi connectivity index (χ3v) is 6.25. The molecule has 2 saturated heterocycles. The first-order valence-electron chi connectivity index (χ1n) is 9.37. The van der Waals surface area contributed by atoms with E-state index in [0.29, 0.717) is 0 Å². The van der Waals surface area contributed by atoms with E-state index in [-0.39, 0.29) is 22.8 Å². The quantitative estimate of drug-likeness (QED) is 0.665. The summed E-state index contributed by atoms with van der Waals surface area (Å²) in [7, 11) is 0. The topological polar surface area (TPSA) is 41.6 Å². The van der Waals surface area contributed by atoms with E-state index in [1.54, 1.807) is 0 Å². The van der Waals surface area contributed by atoms with E-state index < -0.39 is 29.5 Å². The number of cyclic esters (lactones) is 1. The first kappa shape index (κ1) is 18.0. The van der Waals surface area contributed by atoms with Gasteiger partial charge in [-0.3, -0.25) is 10.2 Å². The summed E-state index contributed by atoms with van der Waals surface area (Å²) in [6.45, 7) is 19.0. The monoisotopic (exact) mass is 343 g/mol. The maximum Gasteiger partial charge on any atom is 0.411 e. The summed E-state index contributed by atoms with van der Waals surface area (Å²) in [6.07, 6.45) is -0.605. The molecule has 2 aliphatic rings. The number of nitrogens with zero attached hydrogens (tertiary/aromatic N) is 1. The van der Waals surface area contributed by atoms with E-state index >= 15 is 4.39 Å². The molecular formula is C19H35FN2O2. The van der Waals surface area contributed by atoms with Crippen molar-refractivity contribution in [2.45, 2.75) is 98.7 Å². The average Bonchev–Trinajstić information content (AvgIpc) is 2.62. The molecule has 1 amide bonds. The molecule has 0 saturated carbocycles. The summed E-state index contributed by atoms with van der Waals surface area (Å²) < 4.78 is 30.3. The van der Waals surface area contributed by atoms with Gasteiger partial charge >= 0.3 is 6.09 Å². The third kappa shape index (κ3) is 2.73. The van der Waals surface area contributed by atoms with E-state index in [9.17, 15) is 4.79 Å². The number of halogens is 1. The summed E-state index contributed by atoms with van der Waals surface area (Å²) >= 11 is 0. The van der Waals surface area contributed by atoms with Gasteiger partial charge < -0.3 is 4.74 Å². The minimum Gasteiger partial charge on any atom is -0.440 e. The van der Waals surface area contributed by atoms with Crippen molar-refractivity contribution in [2.24, 2.45) is 16.7 Å². The number of alkyl halides is 1. The smallest absolute Gasteiger partial charge is 0.411 e. The van der Waals surface area contributed by atoms with Crippen LogP contribution in [0.15, 0.2) is 0 Å². The summed E-state index contributed by atoms with van der Waals surface area (Å²) in [4.78, 5) is 14.2. The highest BCUT2D eigenvalue weighted by atomic mass is 19.1. The Labute approximate surface area is 147 Å². The van der Waals surface area contributed by atoms with Gasteiger partial charge in [-0.25, -0.2) is 9.18 Å². The number of nitrogens with one attached hydrogen (secondary N) is 1. The van der Waals surface area contributed by atoms with E-state index in [1.807, 2.05) is 34.6 Å². The molecule has 4 nitrogen and oxygen atoms in total. The van der Waals surface area contributed by atoms with Crippen LogP contribution in [0.3, 0.4) is 0 Å². The van der Waals surface area contributed by atoms with Gasteiger partial charge in [-0.15, -0.1) is 0 Å². The van der Waals surface area contributed by atoms with Crippen molar-refractivity contribution in [3.05, 3.63) is 0 Å². The van der Waals surface area contributed by atoms with Crippen LogP contribution >= 0.6 is 0 Å². The fourth-order valence-corrected chi connectivity index (χ4v) is 4.27. The van der Waals surface area contributed by atoms with Crippen LogP contribution in [0.1, 0.15) is 70.6 Å². The normalized spacial score (nSPS) is 47.8. The van der Waals surface area contributed by atoms with E-state index in [1.165, 1.54) is 18.7 Å². The zero-order valence-electron chi connectivity index (χ0n) is 17.9. The Kier molecular flexibility index (Phi) is 3.99. The number of fused-ring (bicyclic) bond motifs is 1. The van der Waals surface area contributed by atoms with Crippen LogP contribution in [0.5, 0.6) is 0 Å². The standard InChI is InChI=1S/C19H35FN2O2/c1-11-13(16(3,4)5)21-19(10,20)12(2)22-14(11)18(9,17(6,7)8)24-15(22)23/h11-14,21H,1-10H3/t11-,12?,13?,14?,18-,19?/m0/s1/i12D. The lowest BCUT2D eigenvalue weighted by atomic mass is 9.66. The number of carbonyl (C=O) groups is 1. The SMILES string of the molecule is [2H]C1(C)N2C(=O)O[C@](C)(C(C)(C)C)C2[C@@H](C)C(C(C)(C)C)NC1(C)F. The molecule has 0 spiro atoms. The Morgan fingerprint density at radius 3 is 2.12 bits per heavy atom. The lowest BCUT2D eigenvalue weighted by Crippen LogP contribution is -2.58. The maximum absolute atomic E-state index is 15.7. The molecule has 2 rings (SSSR count). The second-order valence-electron chi connectivity index (χ2n) is 9.98. The maximum atomic E-state index is 15.7. The minimum absolute atomic E-state index is 0.0991. The number of hydrogen-bond donors (Lipinski definition) is 1. The first-order chi connectivity index (χ1) is 10.9. The Morgan fingerprint density at radius 2 is 1.71 bits per heavy atom. The van der Waals surface area contributed by atoms with Crippen molar-refractivity contribution in [3.63, 3.8) is 0 Å². The molecule has 0 radical (unpaired) electrons. The van der Waals surface area contributed by atoms with Gasteiger partial charge in [-0.1, -0.05) is 48.5 Å². The fraction of sp³-hybridized carbons (Fsp3) is 0.947. The van der Waals surface area contributed by atoms with Gasteiger partial charge in [-0.05, 0) is 32.1 Å². The second kappa shape index (κ2) is 5.33. The predicted molar refractivity (Wildman–Crippen MR) is 94.5 cm³/mol. The number of carbonyl (C=O) groups excluding carboxylic acids is 1. The van der Waals surface area contributed by atoms with Gasteiger partial charge in [0.05, 0.1) is 13.4 Å². The zero-order chi connectivity index (χ0) is 19.8. The van der Waals surface area contributed by atoms with Crippen LogP contribution in [-0.4, -0.2) is 40.5 Å². The van der Waals surface area contributed by atoms with Gasteiger partial charge in [0.2, 0.25) is 0 Å². The molecule has 4 unspecified atom stereocenters. The number of amides is 1. The molecule has 0 bridgehead atoms. The molecule has 5 heteroatoms. The highest BCUT2D eigenvalue weighted by Crippen LogP contribution is 2.50. The van der Waals surface area contributed by atoms with Gasteiger partial charge in [-0.2, -0.15) is 0 Å². The summed E-state index contributed by atoms with van der Waals surface area (Å²) in [5.74, 6) is -2.17. The molecule has 2 heterocycles. The van der Waals surface area contributed by atoms with Crippen molar-refractivity contribution in [1.82, 2.24) is 10.2 Å². The van der Waals surface area contributed by atoms with Crippen molar-refractivity contribution in [3.8, 4) is 0 Å². The van der Waals surface area contributed by atoms with E-state index in [2.05, 4.69) is 26.1 Å². The molecule has 2 fully saturated rings. The Morgan fingerprint density at radius 1 is 1.21 bits per heavy atom. The Bertz CT molecular complexity index is 565. The average molecular weight is 344 g/mol. The molecule has 0 aromatic carbocycles. The van der Waals surface area contributed by atoms with Crippen LogP contribution in [0.2, 0.25) is 0 Å². The first-order valence-corrected chi connectivity index (χ1v) is 8.87. The van der Waals surface area contributed by atoms with Crippen LogP contribution in [-0.2, 0) is 4.74 Å². The van der Waals surface area contributed by atoms with Crippen molar-refractivity contribution in [1.29, 1.82) is 0 Å². The Balaban J connectivity index is 2.73. The summed E-state index contributed by atoms with van der Waals surface area (Å²) in [5, 5.41) is 3.07. The molecule has 2 aliphatic heterocycles. The van der Waals surface area contributed by atoms with Crippen LogP contribution in [0.25, 0.3) is 0 Å². The molecule has 1 N–H and O–H groups in total. The number of rotatable bonds is 0. The molecule has 0 aliphatic carbocycles. The van der Waals surface area contributed by atoms with Crippen molar-refractivity contribution in [2.75, 3.05) is 0 Å². The van der Waals surface area contributed by atoms with E-state index in [0.717, 1.165) is 0 Å². The van der Waals surface area contributed by atoms with Gasteiger partial charge in [0, 0.05) is 11.5 Å². The lowest BCUT2D eigenvalue weighted by Gasteiger charge is -2.47. The van der Waals surface area contributed by atoms with Gasteiger partial charge in [0.15, 0.2) is 5.79 Å². The largest absolute Gasteiger partial charge is 0.440 e. The molecule has 0 aromatic heterocycles. The molecule has 24 heavy (non-hydrogen) atoms. The van der Waals surface area contributed by atoms with Crippen LogP contribution in [0, 0.1) is 16.7 Å².